The summed E-state index contributed by atoms with van der Waals surface area (Å²) in [5.74, 6) is 0.951. The molecule has 0 unspecified atom stereocenters. The van der Waals surface area contributed by atoms with E-state index >= 15 is 0 Å². The molecule has 1 aliphatic carbocycles. The molecule has 3 rings (SSSR count). The van der Waals surface area contributed by atoms with Crippen LogP contribution in [0, 0.1) is 0 Å². The summed E-state index contributed by atoms with van der Waals surface area (Å²) in [6.07, 6.45) is 5.06. The highest BCUT2D eigenvalue weighted by Gasteiger charge is 2.20. The van der Waals surface area contributed by atoms with Crippen molar-refractivity contribution >= 4 is 22.9 Å². The number of rotatable bonds is 3. The van der Waals surface area contributed by atoms with Crippen molar-refractivity contribution in [2.45, 2.75) is 51.3 Å². The van der Waals surface area contributed by atoms with Gasteiger partial charge in [-0.2, -0.15) is 9.97 Å². The van der Waals surface area contributed by atoms with E-state index in [1.54, 1.807) is 6.33 Å². The van der Waals surface area contributed by atoms with E-state index in [2.05, 4.69) is 20.3 Å². The van der Waals surface area contributed by atoms with Crippen molar-refractivity contribution in [3.63, 3.8) is 0 Å². The lowest BCUT2D eigenvalue weighted by Gasteiger charge is -2.26. The van der Waals surface area contributed by atoms with Gasteiger partial charge in [0.05, 0.1) is 12.4 Å². The van der Waals surface area contributed by atoms with E-state index in [1.165, 1.54) is 0 Å². The lowest BCUT2D eigenvalue weighted by Crippen LogP contribution is -2.29. The van der Waals surface area contributed by atoms with Crippen molar-refractivity contribution < 1.29 is 5.11 Å². The van der Waals surface area contributed by atoms with Crippen LogP contribution in [0.3, 0.4) is 0 Å². The average Bonchev–Trinajstić information content (AvgIpc) is 2.85. The van der Waals surface area contributed by atoms with Crippen LogP contribution in [0.5, 0.6) is 0 Å². The Hall–Kier alpha value is -1.89. The fraction of sp³-hybridized carbons (Fsp3) is 0.615. The highest BCUT2D eigenvalue weighted by molar-refractivity contribution is 5.82. The van der Waals surface area contributed by atoms with E-state index in [0.717, 1.165) is 37.9 Å². The van der Waals surface area contributed by atoms with E-state index in [-0.39, 0.29) is 6.10 Å². The molecule has 2 aromatic rings. The topological polar surface area (TPSA) is 102 Å². The molecule has 0 aromatic carbocycles. The van der Waals surface area contributed by atoms with Crippen molar-refractivity contribution in [3.8, 4) is 0 Å². The summed E-state index contributed by atoms with van der Waals surface area (Å²) in [5.41, 5.74) is 7.36. The molecule has 2 aromatic heterocycles. The predicted octanol–water partition coefficient (Wildman–Crippen LogP) is 1.14. The van der Waals surface area contributed by atoms with Gasteiger partial charge in [0.1, 0.15) is 5.52 Å². The molecule has 0 radical (unpaired) electrons. The van der Waals surface area contributed by atoms with Gasteiger partial charge in [0.15, 0.2) is 11.5 Å². The van der Waals surface area contributed by atoms with Crippen molar-refractivity contribution in [2.24, 2.45) is 0 Å². The summed E-state index contributed by atoms with van der Waals surface area (Å²) in [6.45, 7) is 2.83. The van der Waals surface area contributed by atoms with Crippen LogP contribution in [-0.4, -0.2) is 36.8 Å². The first kappa shape index (κ1) is 13.1. The Morgan fingerprint density at radius 1 is 1.35 bits per heavy atom. The third-order valence-electron chi connectivity index (χ3n) is 3.86. The normalized spacial score (nSPS) is 23.1. The minimum absolute atomic E-state index is 0.164. The third-order valence-corrected chi connectivity index (χ3v) is 3.86. The highest BCUT2D eigenvalue weighted by Crippen LogP contribution is 2.23. The number of nitrogens with zero attached hydrogens (tertiary/aromatic N) is 4. The van der Waals surface area contributed by atoms with Crippen molar-refractivity contribution in [2.75, 3.05) is 11.1 Å². The van der Waals surface area contributed by atoms with Crippen LogP contribution >= 0.6 is 0 Å². The summed E-state index contributed by atoms with van der Waals surface area (Å²) < 4.78 is 1.95. The molecule has 20 heavy (non-hydrogen) atoms. The van der Waals surface area contributed by atoms with Gasteiger partial charge in [0, 0.05) is 12.6 Å². The van der Waals surface area contributed by atoms with Crippen molar-refractivity contribution in [1.29, 1.82) is 0 Å². The molecule has 0 aliphatic heterocycles. The Labute approximate surface area is 117 Å². The van der Waals surface area contributed by atoms with Crippen LogP contribution in [0.1, 0.15) is 32.6 Å². The SMILES string of the molecule is CCn1cnc2c(N)nc(NC3CCC(O)CC3)nc21. The van der Waals surface area contributed by atoms with Crippen LogP contribution in [0.2, 0.25) is 0 Å². The number of nitrogens with one attached hydrogen (secondary N) is 1. The number of hydrogen-bond acceptors (Lipinski definition) is 6. The van der Waals surface area contributed by atoms with Crippen LogP contribution < -0.4 is 11.1 Å². The van der Waals surface area contributed by atoms with E-state index in [0.29, 0.717) is 23.3 Å². The summed E-state index contributed by atoms with van der Waals surface area (Å²) in [5, 5.41) is 12.8. The molecule has 7 heteroatoms. The number of anilines is 2. The maximum atomic E-state index is 9.53. The quantitative estimate of drug-likeness (QED) is 0.777. The van der Waals surface area contributed by atoms with E-state index < -0.39 is 0 Å². The van der Waals surface area contributed by atoms with E-state index in [1.807, 2.05) is 11.5 Å². The highest BCUT2D eigenvalue weighted by atomic mass is 16.3. The average molecular weight is 276 g/mol. The first-order valence-electron chi connectivity index (χ1n) is 7.10. The zero-order valence-electron chi connectivity index (χ0n) is 11.6. The van der Waals surface area contributed by atoms with Gasteiger partial charge in [-0.25, -0.2) is 4.98 Å². The molecule has 2 heterocycles. The second kappa shape index (κ2) is 5.24. The molecule has 0 atom stereocenters. The summed E-state index contributed by atoms with van der Waals surface area (Å²) in [6, 6.07) is 0.299. The molecule has 0 amide bonds. The number of fused-ring (bicyclic) bond motifs is 1. The Morgan fingerprint density at radius 2 is 2.10 bits per heavy atom. The Balaban J connectivity index is 1.84. The number of nitrogens with two attached hydrogens (primary N) is 1. The van der Waals surface area contributed by atoms with Crippen molar-refractivity contribution in [1.82, 2.24) is 19.5 Å². The minimum Gasteiger partial charge on any atom is -0.393 e. The molecule has 4 N–H and O–H groups in total. The maximum absolute atomic E-state index is 9.53. The Bertz CT molecular complexity index is 602. The molecule has 1 aliphatic rings. The summed E-state index contributed by atoms with van der Waals surface area (Å²) in [4.78, 5) is 13.0. The maximum Gasteiger partial charge on any atom is 0.226 e. The van der Waals surface area contributed by atoms with Gasteiger partial charge in [0.2, 0.25) is 5.95 Å². The van der Waals surface area contributed by atoms with Crippen LogP contribution in [0.25, 0.3) is 11.2 Å². The van der Waals surface area contributed by atoms with E-state index in [9.17, 15) is 5.11 Å². The zero-order chi connectivity index (χ0) is 14.1. The van der Waals surface area contributed by atoms with E-state index in [4.69, 9.17) is 5.73 Å². The molecule has 0 bridgehead atoms. The van der Waals surface area contributed by atoms with Gasteiger partial charge in [-0.3, -0.25) is 0 Å². The number of imidazole rings is 1. The van der Waals surface area contributed by atoms with Gasteiger partial charge in [-0.15, -0.1) is 0 Å². The number of hydrogen-bond donors (Lipinski definition) is 3. The molecular weight excluding hydrogens is 256 g/mol. The number of aliphatic hydroxyl groups is 1. The van der Waals surface area contributed by atoms with Crippen LogP contribution in [0.15, 0.2) is 6.33 Å². The predicted molar refractivity (Wildman–Crippen MR) is 77.3 cm³/mol. The Kier molecular flexibility index (Phi) is 3.43. The standard InChI is InChI=1S/C13H20N6O/c1-2-19-7-15-10-11(14)17-13(18-12(10)19)16-8-3-5-9(20)6-4-8/h7-9,20H,2-6H2,1H3,(H3,14,16,17,18). The number of aliphatic hydroxyl groups excluding tert-OH is 1. The van der Waals surface area contributed by atoms with Gasteiger partial charge in [-0.05, 0) is 32.6 Å². The molecule has 108 valence electrons. The number of nitrogen functional groups attached to an aromatic ring is 1. The monoisotopic (exact) mass is 276 g/mol. The number of aryl methyl sites for hydroxylation is 1. The molecular formula is C13H20N6O. The Morgan fingerprint density at radius 3 is 2.80 bits per heavy atom. The summed E-state index contributed by atoms with van der Waals surface area (Å²) in [7, 11) is 0. The first-order chi connectivity index (χ1) is 9.67. The molecule has 7 nitrogen and oxygen atoms in total. The van der Waals surface area contributed by atoms with Gasteiger partial charge < -0.3 is 20.7 Å². The largest absolute Gasteiger partial charge is 0.393 e. The fourth-order valence-electron chi connectivity index (χ4n) is 2.66. The van der Waals surface area contributed by atoms with Crippen molar-refractivity contribution in [3.05, 3.63) is 6.33 Å². The zero-order valence-corrected chi connectivity index (χ0v) is 11.6. The number of aromatic nitrogens is 4. The van der Waals surface area contributed by atoms with Gasteiger partial charge in [0.25, 0.3) is 0 Å². The fourth-order valence-corrected chi connectivity index (χ4v) is 2.66. The second-order valence-corrected chi connectivity index (χ2v) is 5.29. The summed E-state index contributed by atoms with van der Waals surface area (Å²) >= 11 is 0. The third kappa shape index (κ3) is 2.40. The molecule has 0 spiro atoms. The van der Waals surface area contributed by atoms with Crippen LogP contribution in [0.4, 0.5) is 11.8 Å². The van der Waals surface area contributed by atoms with Crippen LogP contribution in [-0.2, 0) is 6.54 Å². The molecule has 0 saturated heterocycles. The molecule has 1 saturated carbocycles. The van der Waals surface area contributed by atoms with Gasteiger partial charge in [-0.1, -0.05) is 0 Å². The lowest BCUT2D eigenvalue weighted by atomic mass is 9.93. The second-order valence-electron chi connectivity index (χ2n) is 5.29. The minimum atomic E-state index is -0.164. The first-order valence-corrected chi connectivity index (χ1v) is 7.10. The molecule has 1 fully saturated rings. The smallest absolute Gasteiger partial charge is 0.226 e. The van der Waals surface area contributed by atoms with Gasteiger partial charge >= 0.3 is 0 Å². The lowest BCUT2D eigenvalue weighted by molar-refractivity contribution is 0.126.